The van der Waals surface area contributed by atoms with E-state index in [1.165, 1.54) is 5.56 Å². The number of rotatable bonds is 4. The fourth-order valence-corrected chi connectivity index (χ4v) is 4.50. The lowest BCUT2D eigenvalue weighted by molar-refractivity contribution is 0.0853. The topological polar surface area (TPSA) is 43.2 Å². The first kappa shape index (κ1) is 19.8. The van der Waals surface area contributed by atoms with Crippen LogP contribution in [-0.4, -0.2) is 39.7 Å². The molecule has 31 heavy (non-hydrogen) atoms. The molecule has 5 rings (SSSR count). The van der Waals surface area contributed by atoms with Crippen molar-refractivity contribution < 1.29 is 4.74 Å². The summed E-state index contributed by atoms with van der Waals surface area (Å²) in [6.45, 7) is 8.63. The zero-order valence-corrected chi connectivity index (χ0v) is 18.2. The summed E-state index contributed by atoms with van der Waals surface area (Å²) in [4.78, 5) is 11.7. The van der Waals surface area contributed by atoms with Gasteiger partial charge in [0.2, 0.25) is 0 Å². The van der Waals surface area contributed by atoms with Gasteiger partial charge in [-0.1, -0.05) is 18.7 Å². The maximum absolute atomic E-state index is 5.57. The van der Waals surface area contributed by atoms with E-state index in [4.69, 9.17) is 9.72 Å². The Hall–Kier alpha value is -3.18. The predicted molar refractivity (Wildman–Crippen MR) is 125 cm³/mol. The van der Waals surface area contributed by atoms with Crippen molar-refractivity contribution >= 4 is 16.6 Å². The second kappa shape index (κ2) is 8.16. The number of hydrogen-bond donors (Lipinski definition) is 0. The smallest absolute Gasteiger partial charge is 0.142 e. The number of ether oxygens (including phenoxy) is 1. The van der Waals surface area contributed by atoms with Crippen LogP contribution in [0, 0.1) is 0 Å². The van der Waals surface area contributed by atoms with E-state index < -0.39 is 0 Å². The summed E-state index contributed by atoms with van der Waals surface area (Å²) >= 11 is 0. The fourth-order valence-electron chi connectivity index (χ4n) is 4.50. The van der Waals surface area contributed by atoms with Crippen LogP contribution in [0.5, 0.6) is 0 Å². The van der Waals surface area contributed by atoms with Gasteiger partial charge in [-0.3, -0.25) is 4.98 Å². The van der Waals surface area contributed by atoms with Crippen LogP contribution in [0.25, 0.3) is 16.6 Å². The molecule has 2 aliphatic rings. The molecule has 0 radical (unpaired) electrons. The maximum Gasteiger partial charge on any atom is 0.142 e. The van der Waals surface area contributed by atoms with Crippen molar-refractivity contribution in [2.45, 2.75) is 32.2 Å². The number of fused-ring (bicyclic) bond motifs is 1. The average Bonchev–Trinajstić information content (AvgIpc) is 3.16. The molecule has 5 nitrogen and oxygen atoms in total. The molecule has 1 fully saturated rings. The van der Waals surface area contributed by atoms with Crippen molar-refractivity contribution in [2.75, 3.05) is 20.3 Å². The first-order valence-electron chi connectivity index (χ1n) is 10.9. The van der Waals surface area contributed by atoms with Gasteiger partial charge in [-0.25, -0.2) is 4.98 Å². The van der Waals surface area contributed by atoms with Gasteiger partial charge < -0.3 is 14.2 Å². The number of aromatic nitrogens is 3. The molecule has 0 spiro atoms. The quantitative estimate of drug-likeness (QED) is 0.597. The number of pyridine rings is 1. The van der Waals surface area contributed by atoms with Gasteiger partial charge in [-0.2, -0.15) is 0 Å². The summed E-state index contributed by atoms with van der Waals surface area (Å²) in [5.74, 6) is 1.51. The van der Waals surface area contributed by atoms with Gasteiger partial charge in [-0.15, -0.1) is 0 Å². The highest BCUT2D eigenvalue weighted by Gasteiger charge is 2.21. The Morgan fingerprint density at radius 1 is 1.16 bits per heavy atom. The molecule has 0 atom stereocenters. The summed E-state index contributed by atoms with van der Waals surface area (Å²) in [6, 6.07) is 12.8. The van der Waals surface area contributed by atoms with E-state index in [-0.39, 0.29) is 0 Å². The van der Waals surface area contributed by atoms with Gasteiger partial charge >= 0.3 is 0 Å². The molecule has 158 valence electrons. The Morgan fingerprint density at radius 3 is 2.74 bits per heavy atom. The van der Waals surface area contributed by atoms with Crippen molar-refractivity contribution in [1.82, 2.24) is 19.4 Å². The number of likely N-dealkylation sites (N-methyl/N-ethyl adjacent to an activating group) is 1. The fraction of sp³-hybridized carbons (Fsp3) is 0.308. The minimum atomic E-state index is 0.547. The zero-order chi connectivity index (χ0) is 21.4. The van der Waals surface area contributed by atoms with Crippen LogP contribution in [0.4, 0.5) is 0 Å². The van der Waals surface area contributed by atoms with E-state index in [0.717, 1.165) is 65.5 Å². The van der Waals surface area contributed by atoms with Crippen LogP contribution in [0.15, 0.2) is 72.7 Å². The van der Waals surface area contributed by atoms with Crippen molar-refractivity contribution in [1.29, 1.82) is 0 Å². The first-order valence-corrected chi connectivity index (χ1v) is 10.9. The highest BCUT2D eigenvalue weighted by Crippen LogP contribution is 2.33. The Kier molecular flexibility index (Phi) is 5.20. The average molecular weight is 413 g/mol. The molecule has 5 heteroatoms. The monoisotopic (exact) mass is 412 g/mol. The van der Waals surface area contributed by atoms with Crippen molar-refractivity contribution in [2.24, 2.45) is 0 Å². The molecule has 4 heterocycles. The summed E-state index contributed by atoms with van der Waals surface area (Å²) in [6.07, 6.45) is 8.30. The Bertz CT molecular complexity index is 1180. The van der Waals surface area contributed by atoms with E-state index in [0.29, 0.717) is 12.5 Å². The molecule has 0 saturated carbocycles. The zero-order valence-electron chi connectivity index (χ0n) is 18.2. The molecule has 0 amide bonds. The van der Waals surface area contributed by atoms with Crippen LogP contribution in [-0.2, 0) is 11.3 Å². The van der Waals surface area contributed by atoms with Gasteiger partial charge in [0, 0.05) is 43.9 Å². The van der Waals surface area contributed by atoms with E-state index in [1.807, 2.05) is 25.4 Å². The van der Waals surface area contributed by atoms with Gasteiger partial charge in [0.15, 0.2) is 0 Å². The normalized spacial score (nSPS) is 17.7. The van der Waals surface area contributed by atoms with E-state index in [1.54, 1.807) is 0 Å². The molecule has 0 bridgehead atoms. The van der Waals surface area contributed by atoms with Crippen molar-refractivity contribution in [3.63, 3.8) is 0 Å². The molecule has 0 N–H and O–H groups in total. The van der Waals surface area contributed by atoms with Gasteiger partial charge in [0.25, 0.3) is 0 Å². The second-order valence-corrected chi connectivity index (χ2v) is 8.45. The largest absolute Gasteiger partial charge is 0.381 e. The first-order chi connectivity index (χ1) is 15.1. The minimum absolute atomic E-state index is 0.547. The summed E-state index contributed by atoms with van der Waals surface area (Å²) in [5, 5.41) is 0. The number of benzene rings is 1. The molecule has 2 aromatic heterocycles. The molecule has 1 saturated heterocycles. The Morgan fingerprint density at radius 2 is 2.00 bits per heavy atom. The van der Waals surface area contributed by atoms with E-state index in [2.05, 4.69) is 64.5 Å². The summed E-state index contributed by atoms with van der Waals surface area (Å²) in [7, 11) is 2.04. The summed E-state index contributed by atoms with van der Waals surface area (Å²) < 4.78 is 7.88. The van der Waals surface area contributed by atoms with Crippen LogP contribution in [0.2, 0.25) is 0 Å². The molecule has 2 aliphatic heterocycles. The highest BCUT2D eigenvalue weighted by molar-refractivity contribution is 5.84. The number of hydrogen-bond acceptors (Lipinski definition) is 4. The number of nitrogens with zero attached hydrogens (tertiary/aromatic N) is 4. The Balaban J connectivity index is 1.64. The molecule has 0 unspecified atom stereocenters. The van der Waals surface area contributed by atoms with E-state index in [9.17, 15) is 0 Å². The molecule has 1 aromatic carbocycles. The van der Waals surface area contributed by atoms with Crippen molar-refractivity contribution in [3.8, 4) is 0 Å². The second-order valence-electron chi connectivity index (χ2n) is 8.45. The molecule has 3 aromatic rings. The minimum Gasteiger partial charge on any atom is -0.381 e. The van der Waals surface area contributed by atoms with Crippen LogP contribution in [0.1, 0.15) is 42.8 Å². The molecule has 0 aliphatic carbocycles. The lowest BCUT2D eigenvalue weighted by atomic mass is 9.91. The van der Waals surface area contributed by atoms with Crippen LogP contribution in [0.3, 0.4) is 0 Å². The number of allylic oxidation sites excluding steroid dienone is 3. The third-order valence-corrected chi connectivity index (χ3v) is 6.36. The van der Waals surface area contributed by atoms with E-state index >= 15 is 0 Å². The summed E-state index contributed by atoms with van der Waals surface area (Å²) in [5.41, 5.74) is 7.82. The Labute approximate surface area is 183 Å². The SMILES string of the molecule is C=C1C(C)=CC(c2nc3ccc(C4CCOCC4)cc3n2Cc2ccccn2)=CN1C. The molecular weight excluding hydrogens is 384 g/mol. The third-order valence-electron chi connectivity index (χ3n) is 6.36. The standard InChI is InChI=1S/C26H28N4O/c1-18-14-22(16-29(3)19(18)2)26-28-24-8-7-21(20-9-12-31-13-10-20)15-25(24)30(26)17-23-6-4-5-11-27-23/h4-8,11,14-16,20H,2,9-10,12-13,17H2,1,3H3. The lowest BCUT2D eigenvalue weighted by Crippen LogP contribution is -2.16. The lowest BCUT2D eigenvalue weighted by Gasteiger charge is -2.24. The van der Waals surface area contributed by atoms with Crippen LogP contribution >= 0.6 is 0 Å². The van der Waals surface area contributed by atoms with Gasteiger partial charge in [0.05, 0.1) is 23.3 Å². The number of imidazole rings is 1. The van der Waals surface area contributed by atoms with Gasteiger partial charge in [-0.05, 0) is 67.2 Å². The predicted octanol–water partition coefficient (Wildman–Crippen LogP) is 5.12. The third kappa shape index (κ3) is 3.81. The van der Waals surface area contributed by atoms with Gasteiger partial charge in [0.1, 0.15) is 5.82 Å². The molecular formula is C26H28N4O. The maximum atomic E-state index is 5.57. The van der Waals surface area contributed by atoms with Crippen LogP contribution < -0.4 is 0 Å². The van der Waals surface area contributed by atoms with Crippen molar-refractivity contribution in [3.05, 3.63) is 89.8 Å². The highest BCUT2D eigenvalue weighted by atomic mass is 16.5.